The van der Waals surface area contributed by atoms with Crippen molar-refractivity contribution in [1.29, 1.82) is 5.26 Å². The van der Waals surface area contributed by atoms with E-state index in [2.05, 4.69) is 40.1 Å². The molecule has 0 radical (unpaired) electrons. The van der Waals surface area contributed by atoms with E-state index in [9.17, 15) is 5.11 Å². The third-order valence-electron chi connectivity index (χ3n) is 4.03. The van der Waals surface area contributed by atoms with E-state index in [1.54, 1.807) is 0 Å². The number of nitrogens with zero attached hydrogens (tertiary/aromatic N) is 3. The van der Waals surface area contributed by atoms with E-state index in [4.69, 9.17) is 5.26 Å². The smallest absolute Gasteiger partial charge is 0.0640 e. The van der Waals surface area contributed by atoms with Crippen molar-refractivity contribution in [2.45, 2.75) is 31.8 Å². The van der Waals surface area contributed by atoms with Gasteiger partial charge in [0, 0.05) is 31.9 Å². The quantitative estimate of drug-likeness (QED) is 0.861. The summed E-state index contributed by atoms with van der Waals surface area (Å²) < 4.78 is 0. The van der Waals surface area contributed by atoms with Crippen LogP contribution < -0.4 is 4.90 Å². The summed E-state index contributed by atoms with van der Waals surface area (Å²) in [6, 6.07) is 11.0. The first kappa shape index (κ1) is 14.8. The summed E-state index contributed by atoms with van der Waals surface area (Å²) >= 11 is 0. The van der Waals surface area contributed by atoms with Crippen LogP contribution in [0.3, 0.4) is 0 Å². The molecule has 0 spiro atoms. The second-order valence-electron chi connectivity index (χ2n) is 5.45. The molecule has 1 saturated heterocycles. The average Bonchev–Trinajstić information content (AvgIpc) is 2.92. The van der Waals surface area contributed by atoms with Gasteiger partial charge in [0.1, 0.15) is 0 Å². The van der Waals surface area contributed by atoms with Crippen molar-refractivity contribution < 1.29 is 5.11 Å². The van der Waals surface area contributed by atoms with Crippen LogP contribution in [0.1, 0.15) is 24.8 Å². The van der Waals surface area contributed by atoms with Gasteiger partial charge in [-0.1, -0.05) is 12.1 Å². The predicted molar refractivity (Wildman–Crippen MR) is 80.5 cm³/mol. The fourth-order valence-electron chi connectivity index (χ4n) is 2.75. The Labute approximate surface area is 121 Å². The molecule has 4 heteroatoms. The largest absolute Gasteiger partial charge is 0.395 e. The molecule has 1 aliphatic rings. The molecule has 4 nitrogen and oxygen atoms in total. The lowest BCUT2D eigenvalue weighted by molar-refractivity contribution is 0.153. The summed E-state index contributed by atoms with van der Waals surface area (Å²) in [4.78, 5) is 4.45. The molecule has 1 heterocycles. The second kappa shape index (κ2) is 7.28. The highest BCUT2D eigenvalue weighted by molar-refractivity contribution is 5.46. The van der Waals surface area contributed by atoms with Gasteiger partial charge in [-0.2, -0.15) is 5.26 Å². The summed E-state index contributed by atoms with van der Waals surface area (Å²) in [5, 5.41) is 18.0. The highest BCUT2D eigenvalue weighted by Crippen LogP contribution is 2.21. The molecule has 0 saturated carbocycles. The lowest BCUT2D eigenvalue weighted by Crippen LogP contribution is -2.31. The second-order valence-corrected chi connectivity index (χ2v) is 5.45. The maximum Gasteiger partial charge on any atom is 0.0640 e. The number of likely N-dealkylation sites (tertiary alicyclic amines) is 1. The molecule has 20 heavy (non-hydrogen) atoms. The molecular weight excluding hydrogens is 250 g/mol. The van der Waals surface area contributed by atoms with Gasteiger partial charge in [-0.05, 0) is 37.1 Å². The zero-order valence-electron chi connectivity index (χ0n) is 12.1. The zero-order chi connectivity index (χ0) is 14.4. The predicted octanol–water partition coefficient (Wildman–Crippen LogP) is 1.99. The van der Waals surface area contributed by atoms with Gasteiger partial charge in [0.05, 0.1) is 19.1 Å². The lowest BCUT2D eigenvalue weighted by atomic mass is 10.1. The molecule has 1 atom stereocenters. The molecule has 1 aromatic carbocycles. The van der Waals surface area contributed by atoms with E-state index >= 15 is 0 Å². The number of aliphatic hydroxyl groups is 1. The highest BCUT2D eigenvalue weighted by atomic mass is 16.3. The van der Waals surface area contributed by atoms with Crippen LogP contribution in [-0.2, 0) is 6.54 Å². The van der Waals surface area contributed by atoms with Gasteiger partial charge < -0.3 is 10.0 Å². The number of benzene rings is 1. The van der Waals surface area contributed by atoms with Crippen molar-refractivity contribution in [3.8, 4) is 6.07 Å². The molecule has 1 aliphatic heterocycles. The monoisotopic (exact) mass is 273 g/mol. The van der Waals surface area contributed by atoms with Crippen LogP contribution in [0.5, 0.6) is 0 Å². The van der Waals surface area contributed by atoms with Crippen molar-refractivity contribution >= 4 is 5.69 Å². The van der Waals surface area contributed by atoms with Gasteiger partial charge in [-0.25, -0.2) is 0 Å². The number of aliphatic hydroxyl groups excluding tert-OH is 1. The molecule has 0 amide bonds. The van der Waals surface area contributed by atoms with Crippen LogP contribution in [0.25, 0.3) is 0 Å². The first-order valence-electron chi connectivity index (χ1n) is 7.26. The molecule has 1 N–H and O–H groups in total. The average molecular weight is 273 g/mol. The molecule has 0 bridgehead atoms. The van der Waals surface area contributed by atoms with Gasteiger partial charge in [0.25, 0.3) is 0 Å². The third-order valence-corrected chi connectivity index (χ3v) is 4.03. The van der Waals surface area contributed by atoms with Gasteiger partial charge >= 0.3 is 0 Å². The molecule has 1 aromatic rings. The van der Waals surface area contributed by atoms with Crippen molar-refractivity contribution in [3.63, 3.8) is 0 Å². The number of hydrogen-bond acceptors (Lipinski definition) is 4. The minimum Gasteiger partial charge on any atom is -0.395 e. The Morgan fingerprint density at radius 2 is 2.15 bits per heavy atom. The molecule has 0 aliphatic carbocycles. The summed E-state index contributed by atoms with van der Waals surface area (Å²) in [6.45, 7) is 3.01. The lowest BCUT2D eigenvalue weighted by Gasteiger charge is -2.23. The fourth-order valence-corrected chi connectivity index (χ4v) is 2.75. The van der Waals surface area contributed by atoms with E-state index in [0.717, 1.165) is 31.7 Å². The Bertz CT molecular complexity index is 452. The number of anilines is 1. The van der Waals surface area contributed by atoms with Crippen LogP contribution in [0.2, 0.25) is 0 Å². The van der Waals surface area contributed by atoms with Gasteiger partial charge in [-0.3, -0.25) is 4.90 Å². The number of rotatable bonds is 6. The summed E-state index contributed by atoms with van der Waals surface area (Å²) in [7, 11) is 2.01. The number of nitriles is 1. The maximum absolute atomic E-state index is 9.34. The van der Waals surface area contributed by atoms with Crippen LogP contribution in [0.15, 0.2) is 24.3 Å². The van der Waals surface area contributed by atoms with E-state index in [-0.39, 0.29) is 6.61 Å². The standard InChI is InChI=1S/C16H23N3O/c1-18(10-3-9-17)15-7-5-14(6-8-15)12-19-11-2-4-16(19)13-20/h5-8,16,20H,2-4,10-13H2,1H3/t16-/m0/s1. The Morgan fingerprint density at radius 3 is 2.80 bits per heavy atom. The first-order chi connectivity index (χ1) is 9.74. The summed E-state index contributed by atoms with van der Waals surface area (Å²) in [5.41, 5.74) is 2.42. The number of hydrogen-bond donors (Lipinski definition) is 1. The third kappa shape index (κ3) is 3.72. The van der Waals surface area contributed by atoms with Gasteiger partial charge in [0.15, 0.2) is 0 Å². The van der Waals surface area contributed by atoms with Crippen LogP contribution in [0, 0.1) is 11.3 Å². The molecule has 108 valence electrons. The summed E-state index contributed by atoms with van der Waals surface area (Å²) in [6.07, 6.45) is 2.83. The van der Waals surface area contributed by atoms with Gasteiger partial charge in [0.2, 0.25) is 0 Å². The Morgan fingerprint density at radius 1 is 1.40 bits per heavy atom. The summed E-state index contributed by atoms with van der Waals surface area (Å²) in [5.74, 6) is 0. The van der Waals surface area contributed by atoms with Crippen molar-refractivity contribution in [1.82, 2.24) is 4.90 Å². The van der Waals surface area contributed by atoms with Gasteiger partial charge in [-0.15, -0.1) is 0 Å². The Kier molecular flexibility index (Phi) is 5.40. The molecule has 0 aromatic heterocycles. The van der Waals surface area contributed by atoms with Crippen LogP contribution in [0.4, 0.5) is 5.69 Å². The normalized spacial score (nSPS) is 18.9. The van der Waals surface area contributed by atoms with Crippen molar-refractivity contribution in [2.75, 3.05) is 31.6 Å². The molecule has 0 unspecified atom stereocenters. The molecular formula is C16H23N3O. The fraction of sp³-hybridized carbons (Fsp3) is 0.562. The van der Waals surface area contributed by atoms with Crippen LogP contribution in [-0.4, -0.2) is 42.8 Å². The minimum atomic E-state index is 0.259. The highest BCUT2D eigenvalue weighted by Gasteiger charge is 2.23. The SMILES string of the molecule is CN(CCC#N)c1ccc(CN2CCC[C@H]2CO)cc1. The van der Waals surface area contributed by atoms with E-state index in [1.807, 2.05) is 7.05 Å². The minimum absolute atomic E-state index is 0.259. The van der Waals surface area contributed by atoms with E-state index < -0.39 is 0 Å². The van der Waals surface area contributed by atoms with E-state index in [1.165, 1.54) is 12.0 Å². The molecule has 2 rings (SSSR count). The first-order valence-corrected chi connectivity index (χ1v) is 7.26. The Balaban J connectivity index is 1.93. The zero-order valence-corrected chi connectivity index (χ0v) is 12.1. The van der Waals surface area contributed by atoms with E-state index in [0.29, 0.717) is 12.5 Å². The Hall–Kier alpha value is -1.57. The topological polar surface area (TPSA) is 50.5 Å². The van der Waals surface area contributed by atoms with Crippen LogP contribution >= 0.6 is 0 Å². The van der Waals surface area contributed by atoms with Crippen molar-refractivity contribution in [3.05, 3.63) is 29.8 Å². The molecule has 1 fully saturated rings. The maximum atomic E-state index is 9.34. The van der Waals surface area contributed by atoms with Crippen molar-refractivity contribution in [2.24, 2.45) is 0 Å².